The lowest BCUT2D eigenvalue weighted by molar-refractivity contribution is 1.13. The van der Waals surface area contributed by atoms with Crippen molar-refractivity contribution >= 4 is 86.0 Å². The lowest BCUT2D eigenvalue weighted by Gasteiger charge is -2.16. The minimum Gasteiger partial charge on any atom is -0.309 e. The third-order valence-electron chi connectivity index (χ3n) is 10.1. The van der Waals surface area contributed by atoms with Crippen molar-refractivity contribution in [3.8, 4) is 22.6 Å². The summed E-state index contributed by atoms with van der Waals surface area (Å²) in [7, 11) is 0. The molecule has 7 aromatic carbocycles. The van der Waals surface area contributed by atoms with Crippen LogP contribution in [0, 0.1) is 0 Å². The number of benzene rings is 7. The van der Waals surface area contributed by atoms with Crippen molar-refractivity contribution in [2.24, 2.45) is 0 Å². The fourth-order valence-corrected chi connectivity index (χ4v) is 9.18. The van der Waals surface area contributed by atoms with E-state index in [0.717, 1.165) is 33.5 Å². The van der Waals surface area contributed by atoms with Crippen molar-refractivity contribution < 1.29 is 0 Å². The molecule has 0 atom stereocenters. The van der Waals surface area contributed by atoms with Crippen molar-refractivity contribution in [3.05, 3.63) is 164 Å². The van der Waals surface area contributed by atoms with Gasteiger partial charge in [-0.2, -0.15) is 0 Å². The molecule has 0 saturated heterocycles. The second kappa shape index (κ2) is 10.1. The predicted octanol–water partition coefficient (Wildman–Crippen LogP) is 12.5. The zero-order valence-corrected chi connectivity index (χ0v) is 27.2. The highest BCUT2D eigenvalue weighted by molar-refractivity contribution is 7.26. The molecule has 0 amide bonds. The molecule has 0 aliphatic rings. The monoisotopic (exact) mass is 641 g/mol. The Morgan fingerprint density at radius 3 is 1.31 bits per heavy atom. The van der Waals surface area contributed by atoms with Crippen molar-refractivity contribution in [1.82, 2.24) is 14.1 Å². The molecule has 4 heterocycles. The Labute approximate surface area is 285 Å². The molecule has 0 aliphatic heterocycles. The Kier molecular flexibility index (Phi) is 5.54. The van der Waals surface area contributed by atoms with E-state index in [1.165, 1.54) is 63.8 Å². The molecule has 4 aromatic heterocycles. The van der Waals surface area contributed by atoms with Crippen LogP contribution in [-0.2, 0) is 0 Å². The van der Waals surface area contributed by atoms with Gasteiger partial charge in [0.05, 0.1) is 38.0 Å². The van der Waals surface area contributed by atoms with Crippen LogP contribution in [0.15, 0.2) is 164 Å². The second-order valence-electron chi connectivity index (χ2n) is 12.8. The van der Waals surface area contributed by atoms with Gasteiger partial charge in [-0.25, -0.2) is 4.98 Å². The van der Waals surface area contributed by atoms with E-state index in [9.17, 15) is 0 Å². The number of hydrogen-bond donors (Lipinski definition) is 0. The fourth-order valence-electron chi connectivity index (χ4n) is 8.00. The van der Waals surface area contributed by atoms with E-state index in [0.29, 0.717) is 0 Å². The average molecular weight is 642 g/mol. The van der Waals surface area contributed by atoms with Crippen molar-refractivity contribution in [1.29, 1.82) is 0 Å². The molecule has 0 radical (unpaired) electrons. The van der Waals surface area contributed by atoms with Crippen molar-refractivity contribution in [3.63, 3.8) is 0 Å². The molecule has 0 saturated carbocycles. The highest BCUT2D eigenvalue weighted by atomic mass is 32.1. The molecule has 4 heteroatoms. The number of pyridine rings is 1. The van der Waals surface area contributed by atoms with Gasteiger partial charge >= 0.3 is 0 Å². The molecule has 228 valence electrons. The first-order valence-electron chi connectivity index (χ1n) is 16.6. The van der Waals surface area contributed by atoms with E-state index >= 15 is 0 Å². The Morgan fingerprint density at radius 2 is 0.796 bits per heavy atom. The highest BCUT2D eigenvalue weighted by Gasteiger charge is 2.20. The topological polar surface area (TPSA) is 22.8 Å². The Hall–Kier alpha value is -6.23. The van der Waals surface area contributed by atoms with Crippen LogP contribution in [-0.4, -0.2) is 14.1 Å². The molecule has 11 rings (SSSR count). The first-order valence-corrected chi connectivity index (χ1v) is 17.5. The zero-order chi connectivity index (χ0) is 32.1. The normalized spacial score (nSPS) is 12.1. The zero-order valence-electron chi connectivity index (χ0n) is 26.3. The van der Waals surface area contributed by atoms with Gasteiger partial charge in [0.25, 0.3) is 0 Å². The fraction of sp³-hybridized carbons (Fsp3) is 0. The lowest BCUT2D eigenvalue weighted by Crippen LogP contribution is -2.01. The standard InChI is InChI=1S/C45H27N3S/c1-2-18-36-35(17-1)43(46-44-37-19-7-12-24-42(37)49-45(36)44)28-25-29(47-38-20-8-3-13-31(38)32-14-4-9-21-39(32)47)27-30(26-28)48-40-22-10-5-15-33(40)34-16-6-11-23-41(34)48/h1-27H. The maximum atomic E-state index is 5.55. The number of hydrogen-bond acceptors (Lipinski definition) is 2. The lowest BCUT2D eigenvalue weighted by atomic mass is 10.0. The van der Waals surface area contributed by atoms with Crippen LogP contribution >= 0.6 is 11.3 Å². The molecule has 0 fully saturated rings. The van der Waals surface area contributed by atoms with Crippen LogP contribution in [0.4, 0.5) is 0 Å². The first kappa shape index (κ1) is 26.8. The molecule has 49 heavy (non-hydrogen) atoms. The van der Waals surface area contributed by atoms with Crippen molar-refractivity contribution in [2.75, 3.05) is 0 Å². The van der Waals surface area contributed by atoms with Crippen LogP contribution in [0.2, 0.25) is 0 Å². The minimum absolute atomic E-state index is 0.997. The maximum Gasteiger partial charge on any atom is 0.0902 e. The summed E-state index contributed by atoms with van der Waals surface area (Å²) in [6.07, 6.45) is 0. The number of nitrogens with zero attached hydrogens (tertiary/aromatic N) is 3. The van der Waals surface area contributed by atoms with E-state index in [1.807, 2.05) is 11.3 Å². The van der Waals surface area contributed by atoms with Crippen LogP contribution in [0.25, 0.3) is 97.3 Å². The Bertz CT molecular complexity index is 2880. The second-order valence-corrected chi connectivity index (χ2v) is 13.8. The number of fused-ring (bicyclic) bond motifs is 11. The van der Waals surface area contributed by atoms with E-state index in [1.54, 1.807) is 0 Å². The number of para-hydroxylation sites is 4. The summed E-state index contributed by atoms with van der Waals surface area (Å²) in [6.45, 7) is 0. The third-order valence-corrected chi connectivity index (χ3v) is 11.3. The van der Waals surface area contributed by atoms with Gasteiger partial charge in [0.2, 0.25) is 0 Å². The van der Waals surface area contributed by atoms with Crippen molar-refractivity contribution in [2.45, 2.75) is 0 Å². The molecule has 0 unspecified atom stereocenters. The summed E-state index contributed by atoms with van der Waals surface area (Å²) < 4.78 is 7.34. The quantitative estimate of drug-likeness (QED) is 0.188. The molecule has 11 aromatic rings. The summed E-state index contributed by atoms with van der Waals surface area (Å²) in [5.41, 5.74) is 10.1. The molecule has 0 bridgehead atoms. The Balaban J connectivity index is 1.31. The van der Waals surface area contributed by atoms with E-state index in [4.69, 9.17) is 4.98 Å². The van der Waals surface area contributed by atoms with E-state index in [-0.39, 0.29) is 0 Å². The number of aromatic nitrogens is 3. The largest absolute Gasteiger partial charge is 0.309 e. The van der Waals surface area contributed by atoms with Gasteiger partial charge in [-0.3, -0.25) is 0 Å². The average Bonchev–Trinajstić information content (AvgIpc) is 3.82. The van der Waals surface area contributed by atoms with Gasteiger partial charge in [-0.15, -0.1) is 11.3 Å². The van der Waals surface area contributed by atoms with Gasteiger partial charge in [0.1, 0.15) is 0 Å². The van der Waals surface area contributed by atoms with Gasteiger partial charge in [-0.1, -0.05) is 115 Å². The summed E-state index contributed by atoms with van der Waals surface area (Å²) in [6, 6.07) is 59.4. The van der Waals surface area contributed by atoms with Gasteiger partial charge in [0, 0.05) is 59.3 Å². The predicted molar refractivity (Wildman–Crippen MR) is 209 cm³/mol. The number of thiophene rings is 1. The van der Waals surface area contributed by atoms with Crippen LogP contribution in [0.3, 0.4) is 0 Å². The SMILES string of the molecule is c1ccc2c(c1)sc1c3ccccc3c(-c3cc(-n4c5ccccc5c5ccccc54)cc(-n4c5ccccc5c5ccccc54)c3)nc21. The summed E-state index contributed by atoms with van der Waals surface area (Å²) in [5, 5.41) is 8.59. The Morgan fingerprint density at radius 1 is 0.388 bits per heavy atom. The highest BCUT2D eigenvalue weighted by Crippen LogP contribution is 2.43. The summed E-state index contributed by atoms with van der Waals surface area (Å²) in [5.74, 6) is 0. The van der Waals surface area contributed by atoms with Crippen LogP contribution in [0.1, 0.15) is 0 Å². The summed E-state index contributed by atoms with van der Waals surface area (Å²) >= 11 is 1.83. The summed E-state index contributed by atoms with van der Waals surface area (Å²) in [4.78, 5) is 5.55. The minimum atomic E-state index is 0.997. The molecular formula is C45H27N3S. The smallest absolute Gasteiger partial charge is 0.0902 e. The molecular weight excluding hydrogens is 615 g/mol. The van der Waals surface area contributed by atoms with Crippen LogP contribution in [0.5, 0.6) is 0 Å². The van der Waals surface area contributed by atoms with Crippen LogP contribution < -0.4 is 0 Å². The molecule has 3 nitrogen and oxygen atoms in total. The molecule has 0 aliphatic carbocycles. The third kappa shape index (κ3) is 3.80. The molecule has 0 spiro atoms. The molecule has 0 N–H and O–H groups in total. The van der Waals surface area contributed by atoms with E-state index < -0.39 is 0 Å². The first-order chi connectivity index (χ1) is 24.3. The van der Waals surface area contributed by atoms with E-state index in [2.05, 4.69) is 173 Å². The van der Waals surface area contributed by atoms with Gasteiger partial charge in [-0.05, 0) is 48.5 Å². The maximum absolute atomic E-state index is 5.55. The van der Waals surface area contributed by atoms with Gasteiger partial charge < -0.3 is 9.13 Å². The van der Waals surface area contributed by atoms with Gasteiger partial charge in [0.15, 0.2) is 0 Å². The number of rotatable bonds is 3.